The van der Waals surface area contributed by atoms with E-state index in [1.54, 1.807) is 11.3 Å². The average molecular weight is 240 g/mol. The van der Waals surface area contributed by atoms with Gasteiger partial charge in [-0.1, -0.05) is 0 Å². The van der Waals surface area contributed by atoms with Crippen molar-refractivity contribution >= 4 is 17.3 Å². The van der Waals surface area contributed by atoms with Crippen molar-refractivity contribution in [2.45, 2.75) is 32.9 Å². The van der Waals surface area contributed by atoms with Gasteiger partial charge in [-0.25, -0.2) is 4.98 Å². The van der Waals surface area contributed by atoms with E-state index < -0.39 is 5.97 Å². The number of likely N-dealkylation sites (tertiary alicyclic amines) is 1. The molecule has 1 saturated heterocycles. The van der Waals surface area contributed by atoms with E-state index in [0.717, 1.165) is 25.2 Å². The van der Waals surface area contributed by atoms with Gasteiger partial charge in [0, 0.05) is 17.5 Å². The van der Waals surface area contributed by atoms with Gasteiger partial charge in [0.05, 0.1) is 17.1 Å². The molecule has 16 heavy (non-hydrogen) atoms. The van der Waals surface area contributed by atoms with E-state index in [1.807, 2.05) is 19.4 Å². The number of aromatic nitrogens is 1. The molecule has 1 aliphatic heterocycles. The summed E-state index contributed by atoms with van der Waals surface area (Å²) in [5.41, 5.74) is 2.91. The Morgan fingerprint density at radius 3 is 3.00 bits per heavy atom. The van der Waals surface area contributed by atoms with Gasteiger partial charge in [0.2, 0.25) is 0 Å². The van der Waals surface area contributed by atoms with E-state index >= 15 is 0 Å². The highest BCUT2D eigenvalue weighted by Gasteiger charge is 2.35. The SMILES string of the molecule is Cc1ncsc1CN1CCC(C(=O)O)C1C. The van der Waals surface area contributed by atoms with Crippen LogP contribution in [0.25, 0.3) is 0 Å². The minimum absolute atomic E-state index is 0.124. The number of thiazole rings is 1. The van der Waals surface area contributed by atoms with Crippen molar-refractivity contribution in [3.05, 3.63) is 16.1 Å². The van der Waals surface area contributed by atoms with E-state index in [9.17, 15) is 4.79 Å². The third-order valence-electron chi connectivity index (χ3n) is 3.39. The largest absolute Gasteiger partial charge is 0.481 e. The van der Waals surface area contributed by atoms with Gasteiger partial charge in [0.15, 0.2) is 0 Å². The van der Waals surface area contributed by atoms with Crippen LogP contribution in [0.2, 0.25) is 0 Å². The quantitative estimate of drug-likeness (QED) is 0.874. The van der Waals surface area contributed by atoms with Crippen LogP contribution < -0.4 is 0 Å². The van der Waals surface area contributed by atoms with Gasteiger partial charge in [-0.3, -0.25) is 9.69 Å². The van der Waals surface area contributed by atoms with Crippen LogP contribution in [0.15, 0.2) is 5.51 Å². The molecule has 1 aliphatic rings. The van der Waals surface area contributed by atoms with Crippen molar-refractivity contribution in [1.29, 1.82) is 0 Å². The van der Waals surface area contributed by atoms with Crippen molar-refractivity contribution in [3.8, 4) is 0 Å². The summed E-state index contributed by atoms with van der Waals surface area (Å²) in [6, 6.07) is 0.124. The molecule has 0 amide bonds. The second kappa shape index (κ2) is 4.51. The van der Waals surface area contributed by atoms with Crippen LogP contribution in [0.4, 0.5) is 0 Å². The first kappa shape index (κ1) is 11.5. The number of aliphatic carboxylic acids is 1. The summed E-state index contributed by atoms with van der Waals surface area (Å²) < 4.78 is 0. The van der Waals surface area contributed by atoms with Crippen LogP contribution in [-0.4, -0.2) is 33.5 Å². The van der Waals surface area contributed by atoms with Crippen LogP contribution in [-0.2, 0) is 11.3 Å². The van der Waals surface area contributed by atoms with Crippen LogP contribution in [0.3, 0.4) is 0 Å². The van der Waals surface area contributed by atoms with E-state index in [2.05, 4.69) is 9.88 Å². The third kappa shape index (κ3) is 2.10. The van der Waals surface area contributed by atoms with Gasteiger partial charge in [-0.05, 0) is 26.8 Å². The van der Waals surface area contributed by atoms with Gasteiger partial charge in [-0.2, -0.15) is 0 Å². The van der Waals surface area contributed by atoms with Crippen molar-refractivity contribution in [2.75, 3.05) is 6.54 Å². The van der Waals surface area contributed by atoms with Gasteiger partial charge in [0.25, 0.3) is 0 Å². The normalized spacial score (nSPS) is 26.1. The summed E-state index contributed by atoms with van der Waals surface area (Å²) in [6.07, 6.45) is 0.758. The van der Waals surface area contributed by atoms with Gasteiger partial charge < -0.3 is 5.11 Å². The first-order valence-electron chi connectivity index (χ1n) is 5.45. The zero-order valence-electron chi connectivity index (χ0n) is 9.51. The minimum atomic E-state index is -0.670. The Morgan fingerprint density at radius 1 is 1.75 bits per heavy atom. The number of hydrogen-bond donors (Lipinski definition) is 1. The molecule has 0 spiro atoms. The molecule has 0 bridgehead atoms. The molecule has 1 aromatic heterocycles. The maximum absolute atomic E-state index is 11.0. The molecule has 4 nitrogen and oxygen atoms in total. The molecule has 2 rings (SSSR count). The van der Waals surface area contributed by atoms with Crippen molar-refractivity contribution in [1.82, 2.24) is 9.88 Å². The zero-order valence-corrected chi connectivity index (χ0v) is 10.3. The van der Waals surface area contributed by atoms with Crippen LogP contribution in [0.1, 0.15) is 23.9 Å². The predicted octanol–water partition coefficient (Wildman–Crippen LogP) is 1.75. The molecular formula is C11H16N2O2S. The highest BCUT2D eigenvalue weighted by Crippen LogP contribution is 2.27. The van der Waals surface area contributed by atoms with E-state index in [0.29, 0.717) is 0 Å². The molecule has 0 saturated carbocycles. The smallest absolute Gasteiger partial charge is 0.308 e. The highest BCUT2D eigenvalue weighted by atomic mass is 32.1. The maximum Gasteiger partial charge on any atom is 0.308 e. The molecule has 5 heteroatoms. The summed E-state index contributed by atoms with van der Waals surface area (Å²) in [7, 11) is 0. The summed E-state index contributed by atoms with van der Waals surface area (Å²) in [4.78, 5) is 18.7. The molecule has 0 radical (unpaired) electrons. The lowest BCUT2D eigenvalue weighted by Gasteiger charge is -2.22. The molecule has 2 unspecified atom stereocenters. The minimum Gasteiger partial charge on any atom is -0.481 e. The van der Waals surface area contributed by atoms with E-state index in [-0.39, 0.29) is 12.0 Å². The highest BCUT2D eigenvalue weighted by molar-refractivity contribution is 7.09. The Kier molecular flexibility index (Phi) is 3.25. The lowest BCUT2D eigenvalue weighted by molar-refractivity contribution is -0.142. The fraction of sp³-hybridized carbons (Fsp3) is 0.636. The molecule has 0 aromatic carbocycles. The summed E-state index contributed by atoms with van der Waals surface area (Å²) in [5, 5.41) is 9.05. The van der Waals surface area contributed by atoms with Crippen molar-refractivity contribution in [3.63, 3.8) is 0 Å². The average Bonchev–Trinajstić information content (AvgIpc) is 2.76. The van der Waals surface area contributed by atoms with Crippen LogP contribution >= 0.6 is 11.3 Å². The molecule has 1 fully saturated rings. The van der Waals surface area contributed by atoms with Gasteiger partial charge >= 0.3 is 5.97 Å². The second-order valence-electron chi connectivity index (χ2n) is 4.31. The molecule has 2 atom stereocenters. The molecule has 1 aromatic rings. The monoisotopic (exact) mass is 240 g/mol. The maximum atomic E-state index is 11.0. The first-order chi connectivity index (χ1) is 7.59. The molecule has 2 heterocycles. The number of carbonyl (C=O) groups is 1. The lowest BCUT2D eigenvalue weighted by atomic mass is 10.0. The molecule has 88 valence electrons. The number of nitrogens with zero attached hydrogens (tertiary/aromatic N) is 2. The van der Waals surface area contributed by atoms with Gasteiger partial charge in [-0.15, -0.1) is 11.3 Å². The van der Waals surface area contributed by atoms with Crippen LogP contribution in [0.5, 0.6) is 0 Å². The Hall–Kier alpha value is -0.940. The third-order valence-corrected chi connectivity index (χ3v) is 4.31. The fourth-order valence-corrected chi connectivity index (χ4v) is 3.02. The Balaban J connectivity index is 2.03. The van der Waals surface area contributed by atoms with Crippen molar-refractivity contribution < 1.29 is 9.90 Å². The number of carboxylic acids is 1. The number of hydrogen-bond acceptors (Lipinski definition) is 4. The zero-order chi connectivity index (χ0) is 11.7. The number of rotatable bonds is 3. The number of carboxylic acid groups (broad SMARTS) is 1. The van der Waals surface area contributed by atoms with Gasteiger partial charge in [0.1, 0.15) is 0 Å². The number of aryl methyl sites for hydroxylation is 1. The molecule has 0 aliphatic carbocycles. The summed E-state index contributed by atoms with van der Waals surface area (Å²) in [6.45, 7) is 5.71. The summed E-state index contributed by atoms with van der Waals surface area (Å²) >= 11 is 1.65. The Bertz CT molecular complexity index is 391. The molecule has 1 N–H and O–H groups in total. The van der Waals surface area contributed by atoms with E-state index in [1.165, 1.54) is 4.88 Å². The lowest BCUT2D eigenvalue weighted by Crippen LogP contribution is -2.32. The molecular weight excluding hydrogens is 224 g/mol. The topological polar surface area (TPSA) is 53.4 Å². The second-order valence-corrected chi connectivity index (χ2v) is 5.24. The van der Waals surface area contributed by atoms with E-state index in [4.69, 9.17) is 5.11 Å². The summed E-state index contributed by atoms with van der Waals surface area (Å²) in [5.74, 6) is -0.885. The predicted molar refractivity (Wildman–Crippen MR) is 62.5 cm³/mol. The fourth-order valence-electron chi connectivity index (χ4n) is 2.22. The van der Waals surface area contributed by atoms with Crippen LogP contribution in [0, 0.1) is 12.8 Å². The Morgan fingerprint density at radius 2 is 2.50 bits per heavy atom. The first-order valence-corrected chi connectivity index (χ1v) is 6.33. The standard InChI is InChI=1S/C11H16N2O2S/c1-7-10(16-6-12-7)5-13-4-3-9(8(13)2)11(14)15/h6,8-9H,3-5H2,1-2H3,(H,14,15). The Labute approximate surface area is 98.9 Å². The van der Waals surface area contributed by atoms with Crippen molar-refractivity contribution in [2.24, 2.45) is 5.92 Å².